The number of benzene rings is 1. The number of aliphatic imine (C=N–C) groups is 1. The number of rotatable bonds is 8. The van der Waals surface area contributed by atoms with Crippen molar-refractivity contribution in [2.24, 2.45) is 10.7 Å². The lowest BCUT2D eigenvalue weighted by atomic mass is 9.89. The van der Waals surface area contributed by atoms with Gasteiger partial charge in [-0.2, -0.15) is 0 Å². The second kappa shape index (κ2) is 9.71. The van der Waals surface area contributed by atoms with E-state index in [2.05, 4.69) is 27.2 Å². The quantitative estimate of drug-likeness (QED) is 0.638. The molecule has 1 aliphatic heterocycles. The van der Waals surface area contributed by atoms with Gasteiger partial charge in [0.25, 0.3) is 5.91 Å². The van der Waals surface area contributed by atoms with E-state index in [4.69, 9.17) is 15.2 Å². The number of ether oxygens (including phenoxy) is 2. The van der Waals surface area contributed by atoms with Crippen molar-refractivity contribution in [3.05, 3.63) is 47.9 Å². The first-order chi connectivity index (χ1) is 14.0. The predicted molar refractivity (Wildman–Crippen MR) is 114 cm³/mol. The van der Waals surface area contributed by atoms with Crippen LogP contribution in [-0.2, 0) is 10.3 Å². The molecule has 0 radical (unpaired) electrons. The Morgan fingerprint density at radius 3 is 2.90 bits per heavy atom. The monoisotopic (exact) mass is 415 g/mol. The van der Waals surface area contributed by atoms with Crippen LogP contribution in [-0.4, -0.2) is 46.6 Å². The van der Waals surface area contributed by atoms with Gasteiger partial charge in [0, 0.05) is 18.0 Å². The van der Waals surface area contributed by atoms with Crippen LogP contribution in [0.2, 0.25) is 0 Å². The van der Waals surface area contributed by atoms with E-state index in [1.54, 1.807) is 11.8 Å². The molecule has 0 unspecified atom stereocenters. The van der Waals surface area contributed by atoms with Gasteiger partial charge >= 0.3 is 0 Å². The molecular formula is C20H25N5O3S. The van der Waals surface area contributed by atoms with Crippen molar-refractivity contribution >= 4 is 28.5 Å². The zero-order chi connectivity index (χ0) is 20.7. The third-order valence-corrected chi connectivity index (χ3v) is 5.28. The first-order valence-electron chi connectivity index (χ1n) is 9.43. The van der Waals surface area contributed by atoms with E-state index < -0.39 is 5.54 Å². The number of carbonyl (C=O) groups is 1. The van der Waals surface area contributed by atoms with Crippen molar-refractivity contribution in [3.8, 4) is 5.88 Å². The molecule has 2 heterocycles. The summed E-state index contributed by atoms with van der Waals surface area (Å²) in [5.74, 6) is 0.918. The summed E-state index contributed by atoms with van der Waals surface area (Å²) in [6.45, 7) is 5.46. The van der Waals surface area contributed by atoms with Gasteiger partial charge in [-0.3, -0.25) is 9.79 Å². The van der Waals surface area contributed by atoms with Gasteiger partial charge in [-0.15, -0.1) is 0 Å². The fraction of sp³-hybridized carbons (Fsp3) is 0.400. The number of amidine groups is 1. The van der Waals surface area contributed by atoms with Gasteiger partial charge in [0.15, 0.2) is 5.17 Å². The highest BCUT2D eigenvalue weighted by molar-refractivity contribution is 8.13. The lowest BCUT2D eigenvalue weighted by Crippen LogP contribution is -2.28. The Morgan fingerprint density at radius 1 is 1.31 bits per heavy atom. The number of thioether (sulfide) groups is 1. The van der Waals surface area contributed by atoms with Crippen LogP contribution < -0.4 is 15.8 Å². The minimum atomic E-state index is -0.393. The Hall–Kier alpha value is -2.65. The average Bonchev–Trinajstić information content (AvgIpc) is 2.72. The maximum Gasteiger partial charge on any atom is 0.275 e. The average molecular weight is 416 g/mol. The second-order valence-corrected chi connectivity index (χ2v) is 7.76. The molecule has 154 valence electrons. The van der Waals surface area contributed by atoms with Crippen LogP contribution in [0, 0.1) is 0 Å². The Bertz CT molecular complexity index is 875. The van der Waals surface area contributed by atoms with E-state index in [-0.39, 0.29) is 11.6 Å². The summed E-state index contributed by atoms with van der Waals surface area (Å²) in [7, 11) is 0. The fourth-order valence-electron chi connectivity index (χ4n) is 2.88. The highest BCUT2D eigenvalue weighted by atomic mass is 32.2. The van der Waals surface area contributed by atoms with Gasteiger partial charge in [0.05, 0.1) is 24.5 Å². The molecule has 29 heavy (non-hydrogen) atoms. The van der Waals surface area contributed by atoms with Gasteiger partial charge in [-0.25, -0.2) is 9.97 Å². The Balaban J connectivity index is 1.64. The zero-order valence-corrected chi connectivity index (χ0v) is 17.4. The van der Waals surface area contributed by atoms with E-state index in [0.29, 0.717) is 36.6 Å². The smallest absolute Gasteiger partial charge is 0.275 e. The summed E-state index contributed by atoms with van der Waals surface area (Å²) < 4.78 is 10.6. The molecule has 1 aliphatic rings. The number of carbonyl (C=O) groups excluding carboxylic acids is 1. The Labute approximate surface area is 174 Å². The largest absolute Gasteiger partial charge is 0.474 e. The van der Waals surface area contributed by atoms with Crippen LogP contribution in [0.1, 0.15) is 36.3 Å². The summed E-state index contributed by atoms with van der Waals surface area (Å²) in [5, 5.41) is 3.45. The van der Waals surface area contributed by atoms with Gasteiger partial charge in [0.1, 0.15) is 12.3 Å². The number of hydrogen-bond acceptors (Lipinski definition) is 8. The maximum absolute atomic E-state index is 12.5. The normalized spacial score (nSPS) is 18.8. The molecule has 2 aromatic rings. The second-order valence-electron chi connectivity index (χ2n) is 6.64. The van der Waals surface area contributed by atoms with Gasteiger partial charge in [-0.05, 0) is 38.0 Å². The van der Waals surface area contributed by atoms with E-state index in [1.807, 2.05) is 31.2 Å². The molecule has 8 nitrogen and oxygen atoms in total. The highest BCUT2D eigenvalue weighted by Crippen LogP contribution is 2.35. The molecule has 3 N–H and O–H groups in total. The minimum absolute atomic E-state index is 0.204. The molecular weight excluding hydrogens is 390 g/mol. The fourth-order valence-corrected chi connectivity index (χ4v) is 3.85. The highest BCUT2D eigenvalue weighted by Gasteiger charge is 2.29. The maximum atomic E-state index is 12.5. The molecule has 1 amide bonds. The van der Waals surface area contributed by atoms with Crippen molar-refractivity contribution in [2.45, 2.75) is 25.8 Å². The predicted octanol–water partition coefficient (Wildman–Crippen LogP) is 2.81. The summed E-state index contributed by atoms with van der Waals surface area (Å²) in [6, 6.07) is 7.64. The van der Waals surface area contributed by atoms with Gasteiger partial charge < -0.3 is 20.5 Å². The van der Waals surface area contributed by atoms with Crippen LogP contribution in [0.3, 0.4) is 0 Å². The number of anilines is 1. The summed E-state index contributed by atoms with van der Waals surface area (Å²) in [6.07, 6.45) is 3.70. The molecule has 9 heteroatoms. The summed E-state index contributed by atoms with van der Waals surface area (Å²) in [5.41, 5.74) is 7.39. The molecule has 0 bridgehead atoms. The number of amides is 1. The van der Waals surface area contributed by atoms with Crippen LogP contribution in [0.4, 0.5) is 5.69 Å². The first kappa shape index (κ1) is 21.1. The molecule has 0 spiro atoms. The molecule has 0 fully saturated rings. The van der Waals surface area contributed by atoms with Crippen molar-refractivity contribution < 1.29 is 14.3 Å². The SMILES string of the molecule is CCOCCOc1cnc(C(=O)Nc2cccc([C@]3(C)CCSC(N)=N3)c2)cn1. The lowest BCUT2D eigenvalue weighted by Gasteiger charge is -2.30. The van der Waals surface area contributed by atoms with Gasteiger partial charge in [-0.1, -0.05) is 23.9 Å². The molecule has 1 aromatic carbocycles. The van der Waals surface area contributed by atoms with E-state index in [0.717, 1.165) is 17.7 Å². The summed E-state index contributed by atoms with van der Waals surface area (Å²) >= 11 is 1.56. The van der Waals surface area contributed by atoms with Crippen molar-refractivity contribution in [1.29, 1.82) is 0 Å². The molecule has 0 saturated heterocycles. The Kier molecular flexibility index (Phi) is 7.05. The van der Waals surface area contributed by atoms with Crippen molar-refractivity contribution in [3.63, 3.8) is 0 Å². The lowest BCUT2D eigenvalue weighted by molar-refractivity contribution is 0.101. The third-order valence-electron chi connectivity index (χ3n) is 4.48. The van der Waals surface area contributed by atoms with E-state index in [1.165, 1.54) is 12.4 Å². The standard InChI is InChI=1S/C20H25N5O3S/c1-3-27-8-9-28-17-13-22-16(12-23-17)18(26)24-15-6-4-5-14(11-15)20(2)7-10-29-19(21)25-20/h4-6,11-13H,3,7-10H2,1-2H3,(H2,21,25)(H,24,26)/t20-/m0/s1. The summed E-state index contributed by atoms with van der Waals surface area (Å²) in [4.78, 5) is 25.4. The molecule has 3 rings (SSSR count). The molecule has 1 aromatic heterocycles. The Morgan fingerprint density at radius 2 is 2.17 bits per heavy atom. The third kappa shape index (κ3) is 5.68. The van der Waals surface area contributed by atoms with Crippen molar-refractivity contribution in [2.75, 3.05) is 30.9 Å². The van der Waals surface area contributed by atoms with Crippen LogP contribution in [0.5, 0.6) is 5.88 Å². The van der Waals surface area contributed by atoms with Crippen LogP contribution in [0.15, 0.2) is 41.7 Å². The number of nitrogens with one attached hydrogen (secondary N) is 1. The van der Waals surface area contributed by atoms with Crippen molar-refractivity contribution in [1.82, 2.24) is 9.97 Å². The number of nitrogens with two attached hydrogens (primary N) is 1. The number of aromatic nitrogens is 2. The molecule has 0 saturated carbocycles. The van der Waals surface area contributed by atoms with Crippen LogP contribution in [0.25, 0.3) is 0 Å². The minimum Gasteiger partial charge on any atom is -0.474 e. The van der Waals surface area contributed by atoms with Crippen LogP contribution >= 0.6 is 11.8 Å². The van der Waals surface area contributed by atoms with Gasteiger partial charge in [0.2, 0.25) is 5.88 Å². The first-order valence-corrected chi connectivity index (χ1v) is 10.4. The van der Waals surface area contributed by atoms with E-state index >= 15 is 0 Å². The zero-order valence-electron chi connectivity index (χ0n) is 16.6. The number of hydrogen-bond donors (Lipinski definition) is 2. The molecule has 1 atom stereocenters. The van der Waals surface area contributed by atoms with E-state index in [9.17, 15) is 4.79 Å². The topological polar surface area (TPSA) is 112 Å². The molecule has 0 aliphatic carbocycles. The number of nitrogens with zero attached hydrogens (tertiary/aromatic N) is 3.